The van der Waals surface area contributed by atoms with E-state index in [1.807, 2.05) is 36.4 Å². The van der Waals surface area contributed by atoms with Gasteiger partial charge in [-0.2, -0.15) is 0 Å². The Labute approximate surface area is 143 Å². The van der Waals surface area contributed by atoms with E-state index in [9.17, 15) is 9.60 Å². The van der Waals surface area contributed by atoms with Crippen molar-refractivity contribution in [3.8, 4) is 5.75 Å². The average Bonchev–Trinajstić information content (AvgIpc) is 3.01. The van der Waals surface area contributed by atoms with Crippen LogP contribution in [0.2, 0.25) is 0 Å². The number of halogens is 1. The van der Waals surface area contributed by atoms with Gasteiger partial charge < -0.3 is 14.9 Å². The zero-order chi connectivity index (χ0) is 17.2. The highest BCUT2D eigenvalue weighted by atomic mass is 19.1. The molecule has 4 nitrogen and oxygen atoms in total. The van der Waals surface area contributed by atoms with Gasteiger partial charge in [0.25, 0.3) is 0 Å². The number of aromatic nitrogens is 1. The van der Waals surface area contributed by atoms with Gasteiger partial charge in [0.2, 0.25) is 0 Å². The molecule has 2 N–H and O–H groups in total. The molecule has 124 valence electrons. The van der Waals surface area contributed by atoms with Gasteiger partial charge in [-0.05, 0) is 42.5 Å². The SMILES string of the molecule is O/N=C(\COc1ccc2c(c1)[nH]c1ccccc12)c1ccc(F)cc1. The van der Waals surface area contributed by atoms with E-state index in [0.29, 0.717) is 17.0 Å². The van der Waals surface area contributed by atoms with E-state index in [0.717, 1.165) is 21.8 Å². The normalized spacial score (nSPS) is 12.0. The number of hydrogen-bond acceptors (Lipinski definition) is 3. The minimum Gasteiger partial charge on any atom is -0.487 e. The van der Waals surface area contributed by atoms with Gasteiger partial charge in [-0.1, -0.05) is 23.4 Å². The fourth-order valence-corrected chi connectivity index (χ4v) is 2.89. The van der Waals surface area contributed by atoms with E-state index in [2.05, 4.69) is 16.2 Å². The molecule has 0 radical (unpaired) electrons. The molecule has 25 heavy (non-hydrogen) atoms. The van der Waals surface area contributed by atoms with Crippen LogP contribution in [-0.2, 0) is 0 Å². The fraction of sp³-hybridized carbons (Fsp3) is 0.0500. The van der Waals surface area contributed by atoms with E-state index in [4.69, 9.17) is 4.74 Å². The first-order valence-electron chi connectivity index (χ1n) is 7.85. The van der Waals surface area contributed by atoms with E-state index >= 15 is 0 Å². The molecule has 1 aromatic heterocycles. The predicted molar refractivity (Wildman–Crippen MR) is 96.0 cm³/mol. The quantitative estimate of drug-likeness (QED) is 0.322. The first-order chi connectivity index (χ1) is 12.2. The van der Waals surface area contributed by atoms with Crippen LogP contribution in [0.25, 0.3) is 21.8 Å². The Morgan fingerprint density at radius 3 is 2.52 bits per heavy atom. The molecule has 4 rings (SSSR count). The number of para-hydroxylation sites is 1. The van der Waals surface area contributed by atoms with Crippen molar-refractivity contribution in [3.63, 3.8) is 0 Å². The van der Waals surface area contributed by atoms with Crippen LogP contribution in [0, 0.1) is 5.82 Å². The van der Waals surface area contributed by atoms with Crippen molar-refractivity contribution in [2.75, 3.05) is 6.61 Å². The van der Waals surface area contributed by atoms with Crippen molar-refractivity contribution in [1.82, 2.24) is 4.98 Å². The summed E-state index contributed by atoms with van der Waals surface area (Å²) in [6, 6.07) is 19.6. The van der Waals surface area contributed by atoms with Gasteiger partial charge in [0, 0.05) is 27.9 Å². The van der Waals surface area contributed by atoms with E-state index in [-0.39, 0.29) is 12.4 Å². The molecule has 0 saturated heterocycles. The third-order valence-corrected chi connectivity index (χ3v) is 4.15. The van der Waals surface area contributed by atoms with E-state index in [1.54, 1.807) is 12.1 Å². The molecule has 0 bridgehead atoms. The summed E-state index contributed by atoms with van der Waals surface area (Å²) >= 11 is 0. The highest BCUT2D eigenvalue weighted by Crippen LogP contribution is 2.28. The van der Waals surface area contributed by atoms with Gasteiger partial charge >= 0.3 is 0 Å². The van der Waals surface area contributed by atoms with Crippen LogP contribution in [-0.4, -0.2) is 22.5 Å². The zero-order valence-electron chi connectivity index (χ0n) is 13.2. The molecular formula is C20H15FN2O2. The maximum absolute atomic E-state index is 13.0. The number of rotatable bonds is 4. The third-order valence-electron chi connectivity index (χ3n) is 4.15. The molecule has 0 amide bonds. The lowest BCUT2D eigenvalue weighted by molar-refractivity contribution is 0.308. The summed E-state index contributed by atoms with van der Waals surface area (Å²) in [5, 5.41) is 14.7. The highest BCUT2D eigenvalue weighted by Gasteiger charge is 2.08. The molecule has 4 aromatic rings. The van der Waals surface area contributed by atoms with Gasteiger partial charge in [-0.25, -0.2) is 4.39 Å². The summed E-state index contributed by atoms with van der Waals surface area (Å²) in [6.07, 6.45) is 0. The molecule has 1 heterocycles. The predicted octanol–water partition coefficient (Wildman–Crippen LogP) is 4.72. The lowest BCUT2D eigenvalue weighted by atomic mass is 10.1. The summed E-state index contributed by atoms with van der Waals surface area (Å²) in [5.74, 6) is 0.313. The van der Waals surface area contributed by atoms with Crippen LogP contribution in [0.4, 0.5) is 4.39 Å². The lowest BCUT2D eigenvalue weighted by Gasteiger charge is -2.08. The largest absolute Gasteiger partial charge is 0.487 e. The van der Waals surface area contributed by atoms with Gasteiger partial charge in [0.1, 0.15) is 23.9 Å². The molecule has 0 unspecified atom stereocenters. The van der Waals surface area contributed by atoms with Crippen LogP contribution in [0.5, 0.6) is 5.75 Å². The second-order valence-electron chi connectivity index (χ2n) is 5.72. The summed E-state index contributed by atoms with van der Waals surface area (Å²) in [6.45, 7) is 0.0772. The second-order valence-corrected chi connectivity index (χ2v) is 5.72. The van der Waals surface area contributed by atoms with Crippen LogP contribution >= 0.6 is 0 Å². The number of benzene rings is 3. The number of fused-ring (bicyclic) bond motifs is 3. The Morgan fingerprint density at radius 1 is 0.960 bits per heavy atom. The Morgan fingerprint density at radius 2 is 1.72 bits per heavy atom. The van der Waals surface area contributed by atoms with Crippen LogP contribution in [0.1, 0.15) is 5.56 Å². The smallest absolute Gasteiger partial charge is 0.134 e. The van der Waals surface area contributed by atoms with Crippen molar-refractivity contribution in [2.45, 2.75) is 0 Å². The number of hydrogen-bond donors (Lipinski definition) is 2. The van der Waals surface area contributed by atoms with Crippen LogP contribution in [0.15, 0.2) is 71.9 Å². The Bertz CT molecular complexity index is 1070. The lowest BCUT2D eigenvalue weighted by Crippen LogP contribution is -2.13. The average molecular weight is 334 g/mol. The molecule has 5 heteroatoms. The Hall–Kier alpha value is -3.34. The summed E-state index contributed by atoms with van der Waals surface area (Å²) in [4.78, 5) is 3.36. The van der Waals surface area contributed by atoms with Crippen LogP contribution in [0.3, 0.4) is 0 Å². The maximum Gasteiger partial charge on any atom is 0.134 e. The first-order valence-corrected chi connectivity index (χ1v) is 7.85. The standard InChI is InChI=1S/C20H15FN2O2/c21-14-7-5-13(6-8-14)20(23-24)12-25-15-9-10-17-16-3-1-2-4-18(16)22-19(17)11-15/h1-11,22,24H,12H2/b23-20+. The van der Waals surface area contributed by atoms with Crippen molar-refractivity contribution >= 4 is 27.5 Å². The summed E-state index contributed by atoms with van der Waals surface area (Å²) < 4.78 is 18.7. The molecule has 0 fully saturated rings. The monoisotopic (exact) mass is 334 g/mol. The number of H-pyrrole nitrogens is 1. The minimum absolute atomic E-state index is 0.0772. The molecular weight excluding hydrogens is 319 g/mol. The van der Waals surface area contributed by atoms with Gasteiger partial charge in [-0.15, -0.1) is 0 Å². The van der Waals surface area contributed by atoms with Crippen LogP contribution < -0.4 is 4.74 Å². The number of nitrogens with one attached hydrogen (secondary N) is 1. The summed E-state index contributed by atoms with van der Waals surface area (Å²) in [7, 11) is 0. The topological polar surface area (TPSA) is 57.6 Å². The van der Waals surface area contributed by atoms with Crippen molar-refractivity contribution in [2.24, 2.45) is 5.16 Å². The molecule has 0 aliphatic heterocycles. The molecule has 3 aromatic carbocycles. The molecule has 0 spiro atoms. The number of oxime groups is 1. The molecule has 0 atom stereocenters. The molecule has 0 aliphatic carbocycles. The first kappa shape index (κ1) is 15.2. The molecule has 0 aliphatic rings. The van der Waals surface area contributed by atoms with Crippen molar-refractivity contribution in [3.05, 3.63) is 78.1 Å². The summed E-state index contributed by atoms with van der Waals surface area (Å²) in [5.41, 5.74) is 2.98. The van der Waals surface area contributed by atoms with Gasteiger partial charge in [0.05, 0.1) is 5.52 Å². The van der Waals surface area contributed by atoms with Gasteiger partial charge in [0.15, 0.2) is 0 Å². The number of nitrogens with zero attached hydrogens (tertiary/aromatic N) is 1. The third kappa shape index (κ3) is 2.92. The Balaban J connectivity index is 1.57. The molecule has 0 saturated carbocycles. The number of ether oxygens (including phenoxy) is 1. The number of aromatic amines is 1. The van der Waals surface area contributed by atoms with Crippen molar-refractivity contribution in [1.29, 1.82) is 0 Å². The fourth-order valence-electron chi connectivity index (χ4n) is 2.89. The highest BCUT2D eigenvalue weighted by molar-refractivity contribution is 6.07. The van der Waals surface area contributed by atoms with E-state index in [1.165, 1.54) is 12.1 Å². The Kier molecular flexibility index (Phi) is 3.82. The van der Waals surface area contributed by atoms with Crippen molar-refractivity contribution < 1.29 is 14.3 Å². The maximum atomic E-state index is 13.0. The zero-order valence-corrected chi connectivity index (χ0v) is 13.2. The minimum atomic E-state index is -0.341. The second kappa shape index (κ2) is 6.28. The van der Waals surface area contributed by atoms with Gasteiger partial charge in [-0.3, -0.25) is 0 Å². The van der Waals surface area contributed by atoms with E-state index < -0.39 is 0 Å².